The fourth-order valence-electron chi connectivity index (χ4n) is 2.32. The average Bonchev–Trinajstić information content (AvgIpc) is 2.42. The predicted molar refractivity (Wildman–Crippen MR) is 75.7 cm³/mol. The summed E-state index contributed by atoms with van der Waals surface area (Å²) in [5, 5.41) is 6.50. The maximum Gasteiger partial charge on any atom is 0.237 e. The average molecular weight is 255 g/mol. The number of rotatable bonds is 7. The highest BCUT2D eigenvalue weighted by Crippen LogP contribution is 2.11. The van der Waals surface area contributed by atoms with Crippen molar-refractivity contribution in [1.82, 2.24) is 15.5 Å². The Labute approximate surface area is 111 Å². The van der Waals surface area contributed by atoms with Crippen molar-refractivity contribution in [2.45, 2.75) is 58.0 Å². The molecule has 1 saturated heterocycles. The molecule has 1 heterocycles. The third-order valence-electron chi connectivity index (χ3n) is 3.83. The number of hydrogen-bond acceptors (Lipinski definition) is 3. The molecule has 2 unspecified atom stereocenters. The Hall–Kier alpha value is -0.610. The first-order valence-corrected chi connectivity index (χ1v) is 7.36. The number of nitrogens with one attached hydrogen (secondary N) is 2. The lowest BCUT2D eigenvalue weighted by Gasteiger charge is -2.28. The number of likely N-dealkylation sites (N-methyl/N-ethyl adjacent to an activating group) is 1. The molecule has 1 rings (SSSR count). The highest BCUT2D eigenvalue weighted by molar-refractivity contribution is 5.81. The van der Waals surface area contributed by atoms with E-state index in [-0.39, 0.29) is 11.9 Å². The minimum atomic E-state index is -0.0276. The molecule has 4 heteroatoms. The summed E-state index contributed by atoms with van der Waals surface area (Å²) in [6, 6.07) is 0.618. The topological polar surface area (TPSA) is 44.4 Å². The lowest BCUT2D eigenvalue weighted by atomic mass is 10.0. The molecule has 2 atom stereocenters. The van der Waals surface area contributed by atoms with E-state index in [1.807, 2.05) is 14.0 Å². The van der Waals surface area contributed by atoms with Gasteiger partial charge in [-0.1, -0.05) is 13.3 Å². The Morgan fingerprint density at radius 1 is 1.50 bits per heavy atom. The van der Waals surface area contributed by atoms with Crippen LogP contribution in [0.25, 0.3) is 0 Å². The SMILES string of the molecule is CCCNC(=O)C(C)N(C)CCC1CCCCN1. The molecular weight excluding hydrogens is 226 g/mol. The minimum Gasteiger partial charge on any atom is -0.355 e. The molecule has 0 bridgehead atoms. The van der Waals surface area contributed by atoms with Gasteiger partial charge in [0.1, 0.15) is 0 Å². The van der Waals surface area contributed by atoms with Gasteiger partial charge in [-0.25, -0.2) is 0 Å². The van der Waals surface area contributed by atoms with Gasteiger partial charge in [0.05, 0.1) is 6.04 Å². The Kier molecular flexibility index (Phi) is 7.28. The molecule has 1 amide bonds. The van der Waals surface area contributed by atoms with Crippen LogP contribution in [0.3, 0.4) is 0 Å². The second-order valence-electron chi connectivity index (χ2n) is 5.38. The van der Waals surface area contributed by atoms with Gasteiger partial charge in [-0.2, -0.15) is 0 Å². The Bertz CT molecular complexity index is 239. The van der Waals surface area contributed by atoms with Crippen molar-refractivity contribution in [3.8, 4) is 0 Å². The molecule has 0 spiro atoms. The van der Waals surface area contributed by atoms with E-state index in [4.69, 9.17) is 0 Å². The second kappa shape index (κ2) is 8.48. The Morgan fingerprint density at radius 3 is 2.89 bits per heavy atom. The van der Waals surface area contributed by atoms with Crippen LogP contribution in [0, 0.1) is 0 Å². The first-order chi connectivity index (χ1) is 8.65. The summed E-state index contributed by atoms with van der Waals surface area (Å²) in [6.07, 6.45) is 6.07. The van der Waals surface area contributed by atoms with E-state index in [9.17, 15) is 4.79 Å². The third kappa shape index (κ3) is 5.36. The standard InChI is InChI=1S/C14H29N3O/c1-4-9-16-14(18)12(2)17(3)11-8-13-7-5-6-10-15-13/h12-13,15H,4-11H2,1-3H3,(H,16,18). The van der Waals surface area contributed by atoms with Crippen LogP contribution in [0.15, 0.2) is 0 Å². The van der Waals surface area contributed by atoms with E-state index in [1.54, 1.807) is 0 Å². The minimum absolute atomic E-state index is 0.0276. The van der Waals surface area contributed by atoms with Gasteiger partial charge in [0.15, 0.2) is 0 Å². The van der Waals surface area contributed by atoms with Gasteiger partial charge < -0.3 is 10.6 Å². The van der Waals surface area contributed by atoms with Crippen molar-refractivity contribution in [3.63, 3.8) is 0 Å². The fourth-order valence-corrected chi connectivity index (χ4v) is 2.32. The molecule has 0 saturated carbocycles. The van der Waals surface area contributed by atoms with Gasteiger partial charge in [0.25, 0.3) is 0 Å². The van der Waals surface area contributed by atoms with E-state index in [0.29, 0.717) is 6.04 Å². The fraction of sp³-hybridized carbons (Fsp3) is 0.929. The summed E-state index contributed by atoms with van der Waals surface area (Å²) in [4.78, 5) is 14.0. The maximum absolute atomic E-state index is 11.8. The maximum atomic E-state index is 11.8. The van der Waals surface area contributed by atoms with E-state index >= 15 is 0 Å². The van der Waals surface area contributed by atoms with Gasteiger partial charge in [-0.15, -0.1) is 0 Å². The van der Waals surface area contributed by atoms with Gasteiger partial charge >= 0.3 is 0 Å². The molecule has 0 aliphatic carbocycles. The van der Waals surface area contributed by atoms with E-state index < -0.39 is 0 Å². The molecule has 4 nitrogen and oxygen atoms in total. The van der Waals surface area contributed by atoms with E-state index in [1.165, 1.54) is 19.3 Å². The summed E-state index contributed by atoms with van der Waals surface area (Å²) in [5.74, 6) is 0.149. The molecule has 2 N–H and O–H groups in total. The monoisotopic (exact) mass is 255 g/mol. The number of carbonyl (C=O) groups excluding carboxylic acids is 1. The quantitative estimate of drug-likeness (QED) is 0.722. The van der Waals surface area contributed by atoms with Crippen LogP contribution < -0.4 is 10.6 Å². The van der Waals surface area contributed by atoms with Crippen LogP contribution in [-0.4, -0.2) is 49.6 Å². The van der Waals surface area contributed by atoms with Crippen LogP contribution >= 0.6 is 0 Å². The van der Waals surface area contributed by atoms with Crippen LogP contribution in [0.2, 0.25) is 0 Å². The molecule has 106 valence electrons. The second-order valence-corrected chi connectivity index (χ2v) is 5.38. The first kappa shape index (κ1) is 15.4. The van der Waals surface area contributed by atoms with Crippen LogP contribution in [0.4, 0.5) is 0 Å². The summed E-state index contributed by atoms with van der Waals surface area (Å²) in [7, 11) is 2.04. The number of hydrogen-bond donors (Lipinski definition) is 2. The van der Waals surface area contributed by atoms with Gasteiger partial charge in [0, 0.05) is 19.1 Å². The van der Waals surface area contributed by atoms with Crippen molar-refractivity contribution < 1.29 is 4.79 Å². The van der Waals surface area contributed by atoms with E-state index in [2.05, 4.69) is 22.5 Å². The molecule has 18 heavy (non-hydrogen) atoms. The van der Waals surface area contributed by atoms with Crippen LogP contribution in [0.1, 0.15) is 46.0 Å². The van der Waals surface area contributed by atoms with Crippen LogP contribution in [0.5, 0.6) is 0 Å². The Morgan fingerprint density at radius 2 is 2.28 bits per heavy atom. The summed E-state index contributed by atoms with van der Waals surface area (Å²) in [6.45, 7) is 6.98. The van der Waals surface area contributed by atoms with Gasteiger partial charge in [0.2, 0.25) is 5.91 Å². The Balaban J connectivity index is 2.21. The van der Waals surface area contributed by atoms with Crippen molar-refractivity contribution >= 4 is 5.91 Å². The van der Waals surface area contributed by atoms with E-state index in [0.717, 1.165) is 32.5 Å². The number of carbonyl (C=O) groups is 1. The smallest absolute Gasteiger partial charge is 0.237 e. The summed E-state index contributed by atoms with van der Waals surface area (Å²) < 4.78 is 0. The molecule has 1 aliphatic heterocycles. The molecule has 0 aromatic rings. The van der Waals surface area contributed by atoms with Crippen molar-refractivity contribution in [2.24, 2.45) is 0 Å². The van der Waals surface area contributed by atoms with Crippen LogP contribution in [-0.2, 0) is 4.79 Å². The highest BCUT2D eigenvalue weighted by Gasteiger charge is 2.19. The van der Waals surface area contributed by atoms with Crippen molar-refractivity contribution in [3.05, 3.63) is 0 Å². The van der Waals surface area contributed by atoms with Crippen molar-refractivity contribution in [1.29, 1.82) is 0 Å². The van der Waals surface area contributed by atoms with Gasteiger partial charge in [-0.3, -0.25) is 9.69 Å². The normalized spacial score (nSPS) is 21.9. The lowest BCUT2D eigenvalue weighted by molar-refractivity contribution is -0.125. The molecule has 0 aromatic carbocycles. The molecule has 0 aromatic heterocycles. The highest BCUT2D eigenvalue weighted by atomic mass is 16.2. The zero-order chi connectivity index (χ0) is 13.4. The molecule has 1 fully saturated rings. The predicted octanol–water partition coefficient (Wildman–Crippen LogP) is 1.37. The molecule has 1 aliphatic rings. The number of amides is 1. The lowest BCUT2D eigenvalue weighted by Crippen LogP contribution is -2.45. The molecular formula is C14H29N3O. The first-order valence-electron chi connectivity index (χ1n) is 7.36. The summed E-state index contributed by atoms with van der Waals surface area (Å²) in [5.41, 5.74) is 0. The molecule has 0 radical (unpaired) electrons. The zero-order valence-electron chi connectivity index (χ0n) is 12.2. The third-order valence-corrected chi connectivity index (χ3v) is 3.83. The van der Waals surface area contributed by atoms with Gasteiger partial charge in [-0.05, 0) is 46.2 Å². The summed E-state index contributed by atoms with van der Waals surface area (Å²) >= 11 is 0. The van der Waals surface area contributed by atoms with Crippen molar-refractivity contribution in [2.75, 3.05) is 26.7 Å². The largest absolute Gasteiger partial charge is 0.355 e. The number of nitrogens with zero attached hydrogens (tertiary/aromatic N) is 1. The zero-order valence-corrected chi connectivity index (χ0v) is 12.2. The number of piperidine rings is 1.